The Morgan fingerprint density at radius 1 is 1.19 bits per heavy atom. The minimum Gasteiger partial charge on any atom is -0.403 e. The van der Waals surface area contributed by atoms with Gasteiger partial charge in [0.25, 0.3) is 0 Å². The molecule has 3 aromatic rings. The number of nitrogens with zero attached hydrogens (tertiary/aromatic N) is 5. The third-order valence-corrected chi connectivity index (χ3v) is 4.93. The van der Waals surface area contributed by atoms with Gasteiger partial charge >= 0.3 is 6.36 Å². The Labute approximate surface area is 178 Å². The monoisotopic (exact) mass is 455 g/mol. The Morgan fingerprint density at radius 2 is 1.94 bits per heavy atom. The molecular formula is C19H17F4N5O4. The van der Waals surface area contributed by atoms with Crippen molar-refractivity contribution >= 4 is 5.91 Å². The lowest BCUT2D eigenvalue weighted by atomic mass is 9.96. The molecule has 2 aromatic heterocycles. The van der Waals surface area contributed by atoms with E-state index in [4.69, 9.17) is 9.05 Å². The molecule has 0 radical (unpaired) electrons. The van der Waals surface area contributed by atoms with Crippen molar-refractivity contribution in [2.75, 3.05) is 13.1 Å². The smallest absolute Gasteiger partial charge is 0.403 e. The minimum absolute atomic E-state index is 0.0114. The zero-order valence-corrected chi connectivity index (χ0v) is 16.7. The molecule has 1 saturated heterocycles. The largest absolute Gasteiger partial charge is 0.573 e. The topological polar surface area (TPSA) is 107 Å². The molecule has 0 atom stereocenters. The van der Waals surface area contributed by atoms with E-state index in [9.17, 15) is 22.4 Å². The van der Waals surface area contributed by atoms with Gasteiger partial charge in [-0.3, -0.25) is 4.79 Å². The lowest BCUT2D eigenvalue weighted by molar-refractivity contribution is -0.275. The Bertz CT molecular complexity index is 1110. The van der Waals surface area contributed by atoms with Gasteiger partial charge in [-0.2, -0.15) is 9.97 Å². The van der Waals surface area contributed by atoms with Gasteiger partial charge in [-0.1, -0.05) is 10.3 Å². The highest BCUT2D eigenvalue weighted by atomic mass is 19.4. The summed E-state index contributed by atoms with van der Waals surface area (Å²) < 4.78 is 64.8. The number of hydrogen-bond donors (Lipinski definition) is 0. The second kappa shape index (κ2) is 8.55. The molecule has 9 nitrogen and oxygen atoms in total. The van der Waals surface area contributed by atoms with Gasteiger partial charge in [0.05, 0.1) is 0 Å². The summed E-state index contributed by atoms with van der Waals surface area (Å²) in [6, 6.07) is 2.92. The number of amides is 1. The molecule has 1 fully saturated rings. The molecular weight excluding hydrogens is 438 g/mol. The summed E-state index contributed by atoms with van der Waals surface area (Å²) in [4.78, 5) is 22.3. The number of carbonyl (C=O) groups excluding carboxylic acids is 1. The van der Waals surface area contributed by atoms with Crippen LogP contribution in [0.4, 0.5) is 17.6 Å². The van der Waals surface area contributed by atoms with Crippen molar-refractivity contribution in [2.45, 2.75) is 38.5 Å². The molecule has 0 N–H and O–H groups in total. The van der Waals surface area contributed by atoms with E-state index in [1.807, 2.05) is 0 Å². The molecule has 170 valence electrons. The average molecular weight is 455 g/mol. The Morgan fingerprint density at radius 3 is 2.59 bits per heavy atom. The molecule has 0 saturated carbocycles. The highest BCUT2D eigenvalue weighted by Gasteiger charge is 2.33. The van der Waals surface area contributed by atoms with E-state index in [1.165, 1.54) is 6.07 Å². The highest BCUT2D eigenvalue weighted by Crippen LogP contribution is 2.32. The molecule has 0 aliphatic carbocycles. The number of rotatable bonds is 5. The summed E-state index contributed by atoms with van der Waals surface area (Å²) in [5.74, 6) is -1.40. The maximum Gasteiger partial charge on any atom is 0.573 e. The second-order valence-electron chi connectivity index (χ2n) is 7.22. The van der Waals surface area contributed by atoms with E-state index in [-0.39, 0.29) is 35.5 Å². The van der Waals surface area contributed by atoms with Gasteiger partial charge in [0, 0.05) is 24.6 Å². The van der Waals surface area contributed by atoms with E-state index in [2.05, 4.69) is 25.0 Å². The standard InChI is InChI=1S/C19H17F4N5O4/c1-10-24-15(31-26-10)9-16(29)28-6-4-11(5-7-28)18-25-17(27-32-18)12-2-3-13(20)14(8-12)30-19(21,22)23/h2-3,8,11H,4-7,9H2,1H3. The van der Waals surface area contributed by atoms with Crippen molar-refractivity contribution < 1.29 is 36.1 Å². The molecule has 3 heterocycles. The van der Waals surface area contributed by atoms with Crippen molar-refractivity contribution in [2.24, 2.45) is 0 Å². The third-order valence-electron chi connectivity index (χ3n) is 4.93. The molecule has 0 spiro atoms. The SMILES string of the molecule is Cc1noc(CC(=O)N2CCC(c3nc(-c4ccc(F)c(OC(F)(F)F)c4)no3)CC2)n1. The molecule has 1 amide bonds. The van der Waals surface area contributed by atoms with Gasteiger partial charge in [-0.05, 0) is 38.0 Å². The summed E-state index contributed by atoms with van der Waals surface area (Å²) in [6.07, 6.45) is -3.90. The molecule has 13 heteroatoms. The zero-order valence-electron chi connectivity index (χ0n) is 16.7. The van der Waals surface area contributed by atoms with Crippen molar-refractivity contribution in [3.05, 3.63) is 41.6 Å². The first-order chi connectivity index (χ1) is 15.2. The van der Waals surface area contributed by atoms with Crippen LogP contribution in [-0.4, -0.2) is 50.5 Å². The van der Waals surface area contributed by atoms with Crippen LogP contribution in [0.15, 0.2) is 27.2 Å². The zero-order chi connectivity index (χ0) is 22.9. The first-order valence-electron chi connectivity index (χ1n) is 9.64. The number of aromatic nitrogens is 4. The van der Waals surface area contributed by atoms with Gasteiger partial charge in [-0.15, -0.1) is 13.2 Å². The van der Waals surface area contributed by atoms with E-state index in [0.717, 1.165) is 12.1 Å². The van der Waals surface area contributed by atoms with Crippen LogP contribution in [0.3, 0.4) is 0 Å². The number of ether oxygens (including phenoxy) is 1. The third kappa shape index (κ3) is 5.03. The fourth-order valence-corrected chi connectivity index (χ4v) is 3.39. The number of alkyl halides is 3. The van der Waals surface area contributed by atoms with Crippen LogP contribution >= 0.6 is 0 Å². The Kier molecular flexibility index (Phi) is 5.80. The fourth-order valence-electron chi connectivity index (χ4n) is 3.39. The van der Waals surface area contributed by atoms with Gasteiger partial charge in [0.15, 0.2) is 17.4 Å². The predicted octanol–water partition coefficient (Wildman–Crippen LogP) is 3.41. The summed E-state index contributed by atoms with van der Waals surface area (Å²) in [5.41, 5.74) is 0.114. The van der Waals surface area contributed by atoms with Crippen molar-refractivity contribution in [1.29, 1.82) is 0 Å². The van der Waals surface area contributed by atoms with Gasteiger partial charge in [0.2, 0.25) is 23.5 Å². The predicted molar refractivity (Wildman–Crippen MR) is 97.7 cm³/mol. The lowest BCUT2D eigenvalue weighted by Crippen LogP contribution is -2.38. The van der Waals surface area contributed by atoms with Crippen molar-refractivity contribution in [1.82, 2.24) is 25.2 Å². The molecule has 1 aliphatic rings. The fraction of sp³-hybridized carbons (Fsp3) is 0.421. The first-order valence-corrected chi connectivity index (χ1v) is 9.64. The molecule has 32 heavy (non-hydrogen) atoms. The van der Waals surface area contributed by atoms with Crippen LogP contribution in [0.25, 0.3) is 11.4 Å². The van der Waals surface area contributed by atoms with Crippen LogP contribution < -0.4 is 4.74 Å². The number of halogens is 4. The quantitative estimate of drug-likeness (QED) is 0.539. The average Bonchev–Trinajstić information content (AvgIpc) is 3.38. The summed E-state index contributed by atoms with van der Waals surface area (Å²) in [5, 5.41) is 7.44. The van der Waals surface area contributed by atoms with Crippen LogP contribution in [0, 0.1) is 12.7 Å². The van der Waals surface area contributed by atoms with E-state index in [1.54, 1.807) is 11.8 Å². The summed E-state index contributed by atoms with van der Waals surface area (Å²) in [7, 11) is 0. The highest BCUT2D eigenvalue weighted by molar-refractivity contribution is 5.77. The van der Waals surface area contributed by atoms with Gasteiger partial charge in [0.1, 0.15) is 6.42 Å². The van der Waals surface area contributed by atoms with Crippen molar-refractivity contribution in [3.63, 3.8) is 0 Å². The van der Waals surface area contributed by atoms with Crippen LogP contribution in [-0.2, 0) is 11.2 Å². The molecule has 1 aromatic carbocycles. The van der Waals surface area contributed by atoms with Gasteiger partial charge in [-0.25, -0.2) is 4.39 Å². The molecule has 0 unspecified atom stereocenters. The van der Waals surface area contributed by atoms with E-state index in [0.29, 0.717) is 37.6 Å². The molecule has 4 rings (SSSR count). The van der Waals surface area contributed by atoms with Crippen LogP contribution in [0.5, 0.6) is 5.75 Å². The number of benzene rings is 1. The number of likely N-dealkylation sites (tertiary alicyclic amines) is 1. The first kappa shape index (κ1) is 21.7. The second-order valence-corrected chi connectivity index (χ2v) is 7.22. The van der Waals surface area contributed by atoms with E-state index >= 15 is 0 Å². The summed E-state index contributed by atoms with van der Waals surface area (Å²) in [6.45, 7) is 2.57. The minimum atomic E-state index is -5.03. The maximum absolute atomic E-state index is 13.6. The number of carbonyl (C=O) groups is 1. The number of hydrogen-bond acceptors (Lipinski definition) is 8. The Balaban J connectivity index is 1.38. The molecule has 0 bridgehead atoms. The van der Waals surface area contributed by atoms with Gasteiger partial charge < -0.3 is 18.7 Å². The van der Waals surface area contributed by atoms with Crippen LogP contribution in [0.2, 0.25) is 0 Å². The summed E-state index contributed by atoms with van der Waals surface area (Å²) >= 11 is 0. The number of piperidine rings is 1. The lowest BCUT2D eigenvalue weighted by Gasteiger charge is -2.30. The number of aryl methyl sites for hydroxylation is 1. The maximum atomic E-state index is 13.6. The normalized spacial score (nSPS) is 15.2. The Hall–Kier alpha value is -3.51. The molecule has 1 aliphatic heterocycles. The van der Waals surface area contributed by atoms with Crippen molar-refractivity contribution in [3.8, 4) is 17.1 Å². The van der Waals surface area contributed by atoms with Crippen LogP contribution in [0.1, 0.15) is 36.4 Å². The van der Waals surface area contributed by atoms with E-state index < -0.39 is 17.9 Å².